The number of benzene rings is 1. The zero-order chi connectivity index (χ0) is 14.1. The van der Waals surface area contributed by atoms with Crippen molar-refractivity contribution in [2.24, 2.45) is 0 Å². The molecule has 0 fully saturated rings. The third-order valence-electron chi connectivity index (χ3n) is 3.13. The average Bonchev–Trinajstić information content (AvgIpc) is 2.44. The number of likely N-dealkylation sites (N-methyl/N-ethyl adjacent to an activating group) is 1. The van der Waals surface area contributed by atoms with Gasteiger partial charge in [0.25, 0.3) is 0 Å². The number of Topliss-reactive ketones (excluding diaryl/α,β-unsaturated/α-hetero) is 1. The molecule has 0 unspecified atom stereocenters. The van der Waals surface area contributed by atoms with E-state index in [1.807, 2.05) is 31.2 Å². The second-order valence-corrected chi connectivity index (χ2v) is 4.60. The molecule has 0 heterocycles. The van der Waals surface area contributed by atoms with Crippen LogP contribution < -0.4 is 4.74 Å². The van der Waals surface area contributed by atoms with Crippen LogP contribution in [0.15, 0.2) is 24.3 Å². The number of hydrogen-bond donors (Lipinski definition) is 0. The zero-order valence-electron chi connectivity index (χ0n) is 12.3. The van der Waals surface area contributed by atoms with Crippen LogP contribution >= 0.6 is 0 Å². The van der Waals surface area contributed by atoms with Gasteiger partial charge < -0.3 is 4.74 Å². The molecule has 0 amide bonds. The van der Waals surface area contributed by atoms with Crippen LogP contribution in [0.2, 0.25) is 0 Å². The number of hydrogen-bond acceptors (Lipinski definition) is 3. The van der Waals surface area contributed by atoms with Crippen LogP contribution in [0.4, 0.5) is 0 Å². The number of carbonyl (C=O) groups excluding carboxylic acids is 1. The van der Waals surface area contributed by atoms with E-state index in [1.54, 1.807) is 0 Å². The van der Waals surface area contributed by atoms with E-state index in [0.29, 0.717) is 13.2 Å². The topological polar surface area (TPSA) is 29.5 Å². The Labute approximate surface area is 116 Å². The van der Waals surface area contributed by atoms with Crippen molar-refractivity contribution in [2.75, 3.05) is 26.2 Å². The minimum atomic E-state index is 0.181. The molecule has 0 N–H and O–H groups in total. The van der Waals surface area contributed by atoms with Gasteiger partial charge in [-0.2, -0.15) is 0 Å². The molecule has 0 atom stereocenters. The molecular weight excluding hydrogens is 238 g/mol. The Hall–Kier alpha value is -1.35. The highest BCUT2D eigenvalue weighted by atomic mass is 16.5. The van der Waals surface area contributed by atoms with Crippen molar-refractivity contribution in [1.82, 2.24) is 4.90 Å². The van der Waals surface area contributed by atoms with E-state index in [1.165, 1.54) is 0 Å². The maximum atomic E-state index is 12.2. The van der Waals surface area contributed by atoms with Crippen molar-refractivity contribution in [3.8, 4) is 5.75 Å². The summed E-state index contributed by atoms with van der Waals surface area (Å²) in [4.78, 5) is 14.4. The third kappa shape index (κ3) is 5.43. The first kappa shape index (κ1) is 15.7. The summed E-state index contributed by atoms with van der Waals surface area (Å²) in [6.07, 6.45) is 2.30. The second-order valence-electron chi connectivity index (χ2n) is 4.60. The fourth-order valence-corrected chi connectivity index (χ4v) is 1.93. The van der Waals surface area contributed by atoms with Gasteiger partial charge in [0.1, 0.15) is 5.75 Å². The molecular formula is C16H25NO2. The highest BCUT2D eigenvalue weighted by molar-refractivity contribution is 5.97. The van der Waals surface area contributed by atoms with Gasteiger partial charge in [0.2, 0.25) is 0 Å². The van der Waals surface area contributed by atoms with Gasteiger partial charge in [-0.05, 0) is 50.7 Å². The first-order chi connectivity index (χ1) is 9.21. The van der Waals surface area contributed by atoms with E-state index in [9.17, 15) is 4.79 Å². The Morgan fingerprint density at radius 1 is 1.16 bits per heavy atom. The molecule has 0 saturated carbocycles. The summed E-state index contributed by atoms with van der Waals surface area (Å²) in [5.74, 6) is 0.999. The molecule has 0 bridgehead atoms. The summed E-state index contributed by atoms with van der Waals surface area (Å²) in [6.45, 7) is 9.28. The van der Waals surface area contributed by atoms with E-state index >= 15 is 0 Å². The summed E-state index contributed by atoms with van der Waals surface area (Å²) in [5.41, 5.74) is 0.762. The van der Waals surface area contributed by atoms with Crippen molar-refractivity contribution < 1.29 is 9.53 Å². The van der Waals surface area contributed by atoms with E-state index in [-0.39, 0.29) is 5.78 Å². The number of rotatable bonds is 9. The van der Waals surface area contributed by atoms with Gasteiger partial charge in [-0.25, -0.2) is 0 Å². The standard InChI is InChI=1S/C16H25NO2/c1-4-7-12-17(5-2)13-16(18)14-8-10-15(11-9-14)19-6-3/h8-11H,4-7,12-13H2,1-3H3. The van der Waals surface area contributed by atoms with E-state index in [4.69, 9.17) is 4.74 Å². The van der Waals surface area contributed by atoms with Crippen molar-refractivity contribution >= 4 is 5.78 Å². The summed E-state index contributed by atoms with van der Waals surface area (Å²) in [7, 11) is 0. The highest BCUT2D eigenvalue weighted by Crippen LogP contribution is 2.13. The number of unbranched alkanes of at least 4 members (excludes halogenated alkanes) is 1. The van der Waals surface area contributed by atoms with Gasteiger partial charge in [0, 0.05) is 5.56 Å². The molecule has 0 saturated heterocycles. The maximum absolute atomic E-state index is 12.2. The van der Waals surface area contributed by atoms with Crippen molar-refractivity contribution in [3.05, 3.63) is 29.8 Å². The normalized spacial score (nSPS) is 10.7. The molecule has 19 heavy (non-hydrogen) atoms. The lowest BCUT2D eigenvalue weighted by Crippen LogP contribution is -2.30. The van der Waals surface area contributed by atoms with Gasteiger partial charge in [-0.3, -0.25) is 9.69 Å². The van der Waals surface area contributed by atoms with Crippen molar-refractivity contribution in [2.45, 2.75) is 33.6 Å². The van der Waals surface area contributed by atoms with E-state index < -0.39 is 0 Å². The predicted octanol–water partition coefficient (Wildman–Crippen LogP) is 3.39. The van der Waals surface area contributed by atoms with Gasteiger partial charge >= 0.3 is 0 Å². The molecule has 3 nitrogen and oxygen atoms in total. The van der Waals surface area contributed by atoms with Gasteiger partial charge in [-0.15, -0.1) is 0 Å². The highest BCUT2D eigenvalue weighted by Gasteiger charge is 2.10. The minimum Gasteiger partial charge on any atom is -0.494 e. The van der Waals surface area contributed by atoms with Crippen molar-refractivity contribution in [3.63, 3.8) is 0 Å². The maximum Gasteiger partial charge on any atom is 0.176 e. The van der Waals surface area contributed by atoms with Crippen LogP contribution in [0.3, 0.4) is 0 Å². The summed E-state index contributed by atoms with van der Waals surface area (Å²) >= 11 is 0. The third-order valence-corrected chi connectivity index (χ3v) is 3.13. The first-order valence-electron chi connectivity index (χ1n) is 7.19. The monoisotopic (exact) mass is 263 g/mol. The summed E-state index contributed by atoms with van der Waals surface area (Å²) in [5, 5.41) is 0. The van der Waals surface area contributed by atoms with Crippen LogP contribution in [0.5, 0.6) is 5.75 Å². The van der Waals surface area contributed by atoms with Crippen LogP contribution in [0, 0.1) is 0 Å². The average molecular weight is 263 g/mol. The van der Waals surface area contributed by atoms with E-state index in [2.05, 4.69) is 18.7 Å². The predicted molar refractivity (Wildman–Crippen MR) is 79.0 cm³/mol. The molecule has 0 radical (unpaired) electrons. The van der Waals surface area contributed by atoms with Gasteiger partial charge in [0.05, 0.1) is 13.2 Å². The van der Waals surface area contributed by atoms with Crippen molar-refractivity contribution in [1.29, 1.82) is 0 Å². The Bertz CT molecular complexity index is 373. The number of ketones is 1. The molecule has 3 heteroatoms. The molecule has 0 aliphatic heterocycles. The van der Waals surface area contributed by atoms with E-state index in [0.717, 1.165) is 37.2 Å². The number of nitrogens with zero attached hydrogens (tertiary/aromatic N) is 1. The SMILES string of the molecule is CCCCN(CC)CC(=O)c1ccc(OCC)cc1. The lowest BCUT2D eigenvalue weighted by atomic mass is 10.1. The van der Waals surface area contributed by atoms with Crippen LogP contribution in [0.1, 0.15) is 44.0 Å². The zero-order valence-corrected chi connectivity index (χ0v) is 12.3. The molecule has 1 aromatic carbocycles. The molecule has 1 aromatic rings. The molecule has 0 aromatic heterocycles. The minimum absolute atomic E-state index is 0.181. The molecule has 106 valence electrons. The molecule has 1 rings (SSSR count). The van der Waals surface area contributed by atoms with Gasteiger partial charge in [0.15, 0.2) is 5.78 Å². The first-order valence-corrected chi connectivity index (χ1v) is 7.19. The largest absolute Gasteiger partial charge is 0.494 e. The van der Waals surface area contributed by atoms with Crippen LogP contribution in [-0.4, -0.2) is 36.9 Å². The molecule has 0 spiro atoms. The molecule has 0 aliphatic carbocycles. The number of ether oxygens (including phenoxy) is 1. The Balaban J connectivity index is 2.56. The quantitative estimate of drug-likeness (QED) is 0.640. The lowest BCUT2D eigenvalue weighted by molar-refractivity contribution is 0.0933. The van der Waals surface area contributed by atoms with Crippen LogP contribution in [-0.2, 0) is 0 Å². The Kier molecular flexibility index (Phi) is 7.19. The lowest BCUT2D eigenvalue weighted by Gasteiger charge is -2.19. The second kappa shape index (κ2) is 8.70. The smallest absolute Gasteiger partial charge is 0.176 e. The Morgan fingerprint density at radius 3 is 2.37 bits per heavy atom. The summed E-state index contributed by atoms with van der Waals surface area (Å²) < 4.78 is 5.37. The fraction of sp³-hybridized carbons (Fsp3) is 0.562. The van der Waals surface area contributed by atoms with Crippen LogP contribution in [0.25, 0.3) is 0 Å². The van der Waals surface area contributed by atoms with Gasteiger partial charge in [-0.1, -0.05) is 20.3 Å². The Morgan fingerprint density at radius 2 is 1.84 bits per heavy atom. The fourth-order valence-electron chi connectivity index (χ4n) is 1.93. The number of carbonyl (C=O) groups is 1. The summed E-state index contributed by atoms with van der Waals surface area (Å²) in [6, 6.07) is 7.42. The molecule has 0 aliphatic rings.